The van der Waals surface area contributed by atoms with Gasteiger partial charge in [0, 0.05) is 44.1 Å². The van der Waals surface area contributed by atoms with Crippen LogP contribution in [-0.2, 0) is 38.0 Å². The Morgan fingerprint density at radius 1 is 0.943 bits per heavy atom. The van der Waals surface area contributed by atoms with Gasteiger partial charge < -0.3 is 38.6 Å². The van der Waals surface area contributed by atoms with Gasteiger partial charge in [-0.05, 0) is 70.1 Å². The lowest BCUT2D eigenvalue weighted by atomic mass is 9.71. The second kappa shape index (κ2) is 18.2. The van der Waals surface area contributed by atoms with Crippen LogP contribution in [0.15, 0.2) is 42.6 Å². The summed E-state index contributed by atoms with van der Waals surface area (Å²) in [5.74, 6) is -3.07. The van der Waals surface area contributed by atoms with Crippen LogP contribution < -0.4 is 0 Å². The number of pyridine rings is 1. The molecule has 0 radical (unpaired) electrons. The van der Waals surface area contributed by atoms with E-state index in [9.17, 15) is 19.8 Å². The molecule has 53 heavy (non-hydrogen) atoms. The van der Waals surface area contributed by atoms with Crippen molar-refractivity contribution >= 4 is 28.7 Å². The third-order valence-corrected chi connectivity index (χ3v) is 12.2. The fourth-order valence-electron chi connectivity index (χ4n) is 8.15. The minimum atomic E-state index is -1.29. The lowest BCUT2D eigenvalue weighted by Gasteiger charge is -2.47. The lowest BCUT2D eigenvalue weighted by molar-refractivity contribution is -0.298. The Morgan fingerprint density at radius 3 is 2.28 bits per heavy atom. The summed E-state index contributed by atoms with van der Waals surface area (Å²) >= 11 is 0. The van der Waals surface area contributed by atoms with Crippen LogP contribution >= 0.6 is 0 Å². The molecule has 0 unspecified atom stereocenters. The van der Waals surface area contributed by atoms with E-state index in [4.69, 9.17) is 28.4 Å². The summed E-state index contributed by atoms with van der Waals surface area (Å²) in [7, 11) is 3.18. The molecule has 0 aliphatic carbocycles. The monoisotopic (exact) mass is 741 g/mol. The van der Waals surface area contributed by atoms with Gasteiger partial charge in [0.1, 0.15) is 24.1 Å². The number of Topliss-reactive ketones (excluding diaryl/α,β-unsaturated/α-hetero) is 1. The molecule has 0 bridgehead atoms. The second-order valence-electron chi connectivity index (χ2n) is 15.8. The summed E-state index contributed by atoms with van der Waals surface area (Å²) in [6.45, 7) is 17.0. The summed E-state index contributed by atoms with van der Waals surface area (Å²) in [5, 5.41) is 23.7. The summed E-state index contributed by atoms with van der Waals surface area (Å²) < 4.78 is 37.1. The summed E-state index contributed by atoms with van der Waals surface area (Å²) in [6, 6.07) is 9.89. The Morgan fingerprint density at radius 2 is 1.62 bits per heavy atom. The van der Waals surface area contributed by atoms with E-state index in [-0.39, 0.29) is 30.6 Å². The smallest absolute Gasteiger partial charge is 0.311 e. The topological polar surface area (TPSA) is 143 Å². The highest BCUT2D eigenvalue weighted by molar-refractivity contribution is 5.83. The quantitative estimate of drug-likeness (QED) is 0.286. The predicted octanol–water partition coefficient (Wildman–Crippen LogP) is 6.16. The number of nitrogens with zero attached hydrogens (tertiary/aromatic N) is 1. The molecule has 2 aliphatic rings. The van der Waals surface area contributed by atoms with Crippen molar-refractivity contribution in [1.29, 1.82) is 0 Å². The van der Waals surface area contributed by atoms with E-state index in [0.29, 0.717) is 12.8 Å². The average molecular weight is 742 g/mol. The molecule has 2 saturated heterocycles. The first kappa shape index (κ1) is 43.0. The zero-order valence-electron chi connectivity index (χ0n) is 33.5. The van der Waals surface area contributed by atoms with Crippen LogP contribution in [-0.4, -0.2) is 102 Å². The van der Waals surface area contributed by atoms with E-state index in [1.807, 2.05) is 84.0 Å². The Balaban J connectivity index is 1.64. The molecule has 2 aliphatic heterocycles. The first-order chi connectivity index (χ1) is 25.0. The van der Waals surface area contributed by atoms with Crippen molar-refractivity contribution in [3.05, 3.63) is 48.2 Å². The van der Waals surface area contributed by atoms with Crippen molar-refractivity contribution in [2.24, 2.45) is 29.6 Å². The third-order valence-electron chi connectivity index (χ3n) is 12.2. The molecule has 2 aromatic rings. The molecule has 1 aromatic heterocycles. The molecule has 11 heteroatoms. The van der Waals surface area contributed by atoms with Crippen molar-refractivity contribution in [2.75, 3.05) is 20.8 Å². The molecule has 14 atom stereocenters. The number of carbonyl (C=O) groups excluding carboxylic acids is 2. The van der Waals surface area contributed by atoms with Gasteiger partial charge in [-0.15, -0.1) is 0 Å². The number of carbonyl (C=O) groups is 2. The van der Waals surface area contributed by atoms with E-state index in [0.717, 1.165) is 16.5 Å². The highest BCUT2D eigenvalue weighted by Gasteiger charge is 2.50. The number of hydrogen-bond acceptors (Lipinski definition) is 11. The van der Waals surface area contributed by atoms with Gasteiger partial charge in [0.2, 0.25) is 0 Å². The van der Waals surface area contributed by atoms with Crippen LogP contribution in [0, 0.1) is 29.6 Å². The molecular weight excluding hydrogens is 678 g/mol. The van der Waals surface area contributed by atoms with Crippen LogP contribution in [0.3, 0.4) is 0 Å². The first-order valence-electron chi connectivity index (χ1n) is 19.1. The maximum Gasteiger partial charge on any atom is 0.311 e. The number of benzene rings is 1. The van der Waals surface area contributed by atoms with Crippen molar-refractivity contribution in [3.8, 4) is 0 Å². The van der Waals surface area contributed by atoms with Crippen molar-refractivity contribution in [3.63, 3.8) is 0 Å². The van der Waals surface area contributed by atoms with Crippen LogP contribution in [0.1, 0.15) is 87.1 Å². The van der Waals surface area contributed by atoms with Crippen LogP contribution in [0.25, 0.3) is 17.0 Å². The summed E-state index contributed by atoms with van der Waals surface area (Å²) in [5.41, 5.74) is 0.0705. The number of hydrogen-bond donors (Lipinski definition) is 2. The number of rotatable bonds is 9. The second-order valence-corrected chi connectivity index (χ2v) is 15.8. The van der Waals surface area contributed by atoms with E-state index in [1.54, 1.807) is 41.2 Å². The molecule has 11 nitrogen and oxygen atoms in total. The molecule has 0 amide bonds. The van der Waals surface area contributed by atoms with Crippen LogP contribution in [0.4, 0.5) is 0 Å². The molecule has 3 heterocycles. The fraction of sp³-hybridized carbons (Fsp3) is 0.690. The Labute approximate surface area is 315 Å². The molecule has 0 saturated carbocycles. The number of ether oxygens (including phenoxy) is 6. The van der Waals surface area contributed by atoms with Crippen molar-refractivity contribution < 1.29 is 48.2 Å². The largest absolute Gasteiger partial charge is 0.459 e. The standard InChI is InChI=1S/C42H63NO10/c1-12-33-36(45)38(50-19-15-16-30-20-31-17-13-14-18-32(31)43-23-30)26(4)35(44)24(2)21-41(8,48-10)28(6)25(3)37(27(5)40(47)52-33)53-34-22-42(9,49-11)39(46)29(7)51-34/h13-18,20,23-29,33-34,36-39,45-46H,12,19,21-22H2,1-11H3/b16-15+/t24-,25-,26+,27-,28-,29+,33-,34+,36-,37+,38-,39+,41-,42-/m1/s1. The molecule has 2 N–H and O–H groups in total. The molecule has 1 aromatic carbocycles. The van der Waals surface area contributed by atoms with E-state index < -0.39 is 77.8 Å². The zero-order chi connectivity index (χ0) is 39.2. The highest BCUT2D eigenvalue weighted by atomic mass is 16.7. The molecule has 0 spiro atoms. The summed E-state index contributed by atoms with van der Waals surface area (Å²) in [4.78, 5) is 32.8. The summed E-state index contributed by atoms with van der Waals surface area (Å²) in [6.07, 6.45) is 0.251. The van der Waals surface area contributed by atoms with E-state index in [1.165, 1.54) is 0 Å². The van der Waals surface area contributed by atoms with Crippen LogP contribution in [0.2, 0.25) is 0 Å². The van der Waals surface area contributed by atoms with Crippen molar-refractivity contribution in [1.82, 2.24) is 4.98 Å². The minimum Gasteiger partial charge on any atom is -0.459 e. The lowest BCUT2D eigenvalue weighted by Crippen LogP contribution is -2.57. The fourth-order valence-corrected chi connectivity index (χ4v) is 8.15. The van der Waals surface area contributed by atoms with E-state index >= 15 is 0 Å². The van der Waals surface area contributed by atoms with Gasteiger partial charge in [-0.2, -0.15) is 0 Å². The number of fused-ring (bicyclic) bond motifs is 1. The Hall–Kier alpha value is -2.77. The SMILES string of the molecule is CC[C@H]1OC(=O)[C@H](C)[C@@H](O[C@H]2C[C@@](C)(OC)[C@@H](O)[C@H](C)O2)[C@H](C)[C@@H](C)[C@](C)(OC)C[C@@H](C)C(=O)[C@H](C)[C@@H](OC/C=C/c2cnc3ccccc3c2)[C@@H]1O. The molecule has 4 rings (SSSR count). The Kier molecular flexibility index (Phi) is 14.8. The molecular formula is C42H63NO10. The number of cyclic esters (lactones) is 1. The van der Waals surface area contributed by atoms with Gasteiger partial charge in [-0.1, -0.05) is 65.0 Å². The maximum absolute atomic E-state index is 14.2. The number of aromatic nitrogens is 1. The third kappa shape index (κ3) is 9.73. The minimum absolute atomic E-state index is 0.0821. The first-order valence-corrected chi connectivity index (χ1v) is 19.1. The molecule has 296 valence electrons. The number of aliphatic hydroxyl groups excluding tert-OH is 2. The average Bonchev–Trinajstić information content (AvgIpc) is 3.15. The van der Waals surface area contributed by atoms with Gasteiger partial charge in [0.25, 0.3) is 0 Å². The maximum atomic E-state index is 14.2. The van der Waals surface area contributed by atoms with Gasteiger partial charge in [-0.3, -0.25) is 14.6 Å². The molecule has 2 fully saturated rings. The van der Waals surface area contributed by atoms with Gasteiger partial charge in [0.05, 0.1) is 47.6 Å². The Bertz CT molecular complexity index is 1550. The normalized spacial score (nSPS) is 39.6. The van der Waals surface area contributed by atoms with Crippen LogP contribution in [0.5, 0.6) is 0 Å². The van der Waals surface area contributed by atoms with Crippen molar-refractivity contribution in [2.45, 2.75) is 136 Å². The number of methoxy groups -OCH3 is 2. The highest BCUT2D eigenvalue weighted by Crippen LogP contribution is 2.41. The number of aliphatic hydroxyl groups is 2. The number of esters is 1. The van der Waals surface area contributed by atoms with Gasteiger partial charge in [0.15, 0.2) is 6.29 Å². The van der Waals surface area contributed by atoms with Gasteiger partial charge in [-0.25, -0.2) is 0 Å². The number of para-hydroxylation sites is 1. The zero-order valence-corrected chi connectivity index (χ0v) is 33.5. The predicted molar refractivity (Wildman–Crippen MR) is 203 cm³/mol. The number of ketones is 1. The van der Waals surface area contributed by atoms with E-state index in [2.05, 4.69) is 4.98 Å². The van der Waals surface area contributed by atoms with Gasteiger partial charge >= 0.3 is 5.97 Å².